The summed E-state index contributed by atoms with van der Waals surface area (Å²) < 4.78 is 0. The maximum atomic E-state index is 12.5. The lowest BCUT2D eigenvalue weighted by Gasteiger charge is -2.06. The van der Waals surface area contributed by atoms with Gasteiger partial charge in [0.1, 0.15) is 0 Å². The number of carbonyl (C=O) groups is 2. The smallest absolute Gasteiger partial charge is 0.167 e. The van der Waals surface area contributed by atoms with Gasteiger partial charge < -0.3 is 0 Å². The van der Waals surface area contributed by atoms with Crippen LogP contribution in [0.4, 0.5) is 0 Å². The van der Waals surface area contributed by atoms with Gasteiger partial charge in [-0.1, -0.05) is 66.7 Å². The first-order valence-corrected chi connectivity index (χ1v) is 7.26. The Labute approximate surface area is 129 Å². The van der Waals surface area contributed by atoms with Crippen LogP contribution in [0.1, 0.15) is 33.2 Å². The molecule has 0 saturated heterocycles. The fraction of sp³-hybridized carbons (Fsp3) is 0.100. The third-order valence-electron chi connectivity index (χ3n) is 3.84. The van der Waals surface area contributed by atoms with Gasteiger partial charge in [-0.05, 0) is 23.3 Å². The molecule has 0 heterocycles. The first kappa shape index (κ1) is 14.2. The summed E-state index contributed by atoms with van der Waals surface area (Å²) in [5, 5.41) is 2.25. The molecule has 3 aromatic rings. The van der Waals surface area contributed by atoms with Crippen LogP contribution in [0.3, 0.4) is 0 Å². The number of Topliss-reactive ketones (excluding diaryl/α,β-unsaturated/α-hetero) is 2. The molecule has 0 amide bonds. The summed E-state index contributed by atoms with van der Waals surface area (Å²) in [6.45, 7) is 1.52. The molecule has 0 bridgehead atoms. The zero-order valence-corrected chi connectivity index (χ0v) is 12.4. The molecule has 108 valence electrons. The van der Waals surface area contributed by atoms with Crippen molar-refractivity contribution in [2.45, 2.75) is 13.3 Å². The van der Waals surface area contributed by atoms with Crippen molar-refractivity contribution >= 4 is 22.3 Å². The summed E-state index contributed by atoms with van der Waals surface area (Å²) in [5.74, 6) is 0.0690. The fourth-order valence-corrected chi connectivity index (χ4v) is 2.61. The highest BCUT2D eigenvalue weighted by Crippen LogP contribution is 2.20. The van der Waals surface area contributed by atoms with E-state index in [4.69, 9.17) is 0 Å². The van der Waals surface area contributed by atoms with Crippen LogP contribution in [0.2, 0.25) is 0 Å². The van der Waals surface area contributed by atoms with Crippen molar-refractivity contribution in [2.24, 2.45) is 0 Å². The average Bonchev–Trinajstić information content (AvgIpc) is 2.55. The van der Waals surface area contributed by atoms with Crippen molar-refractivity contribution in [1.82, 2.24) is 0 Å². The molecule has 3 rings (SSSR count). The lowest BCUT2D eigenvalue weighted by Crippen LogP contribution is -2.04. The highest BCUT2D eigenvalue weighted by molar-refractivity contribution is 6.01. The quantitative estimate of drug-likeness (QED) is 0.664. The highest BCUT2D eigenvalue weighted by atomic mass is 16.1. The predicted octanol–water partition coefficient (Wildman–Crippen LogP) is 4.47. The van der Waals surface area contributed by atoms with Crippen molar-refractivity contribution in [1.29, 1.82) is 0 Å². The molecule has 0 N–H and O–H groups in total. The Kier molecular flexibility index (Phi) is 3.84. The minimum absolute atomic E-state index is 0.00746. The fourth-order valence-electron chi connectivity index (χ4n) is 2.61. The van der Waals surface area contributed by atoms with Gasteiger partial charge in [-0.3, -0.25) is 9.59 Å². The summed E-state index contributed by atoms with van der Waals surface area (Å²) in [4.78, 5) is 23.7. The van der Waals surface area contributed by atoms with Crippen molar-refractivity contribution in [3.8, 4) is 0 Å². The summed E-state index contributed by atoms with van der Waals surface area (Å²) >= 11 is 0. The Morgan fingerprint density at radius 2 is 1.41 bits per heavy atom. The van der Waals surface area contributed by atoms with Gasteiger partial charge in [0.25, 0.3) is 0 Å². The van der Waals surface area contributed by atoms with Crippen LogP contribution in [-0.4, -0.2) is 11.6 Å². The molecule has 0 aromatic heterocycles. The van der Waals surface area contributed by atoms with E-state index in [9.17, 15) is 9.59 Å². The summed E-state index contributed by atoms with van der Waals surface area (Å²) in [6, 6.07) is 20.9. The molecule has 0 aliphatic rings. The number of fused-ring (bicyclic) bond motifs is 1. The number of carbonyl (C=O) groups excluding carboxylic acids is 2. The van der Waals surface area contributed by atoms with Gasteiger partial charge >= 0.3 is 0 Å². The van der Waals surface area contributed by atoms with Crippen LogP contribution < -0.4 is 0 Å². The first-order valence-electron chi connectivity index (χ1n) is 7.26. The second kappa shape index (κ2) is 5.94. The predicted molar refractivity (Wildman–Crippen MR) is 88.4 cm³/mol. The second-order valence-electron chi connectivity index (χ2n) is 5.37. The largest absolute Gasteiger partial charge is 0.295 e. The van der Waals surface area contributed by atoms with Crippen LogP contribution in [0.5, 0.6) is 0 Å². The summed E-state index contributed by atoms with van der Waals surface area (Å²) in [7, 11) is 0. The van der Waals surface area contributed by atoms with Crippen molar-refractivity contribution in [2.75, 3.05) is 0 Å². The maximum Gasteiger partial charge on any atom is 0.167 e. The van der Waals surface area contributed by atoms with E-state index >= 15 is 0 Å². The Morgan fingerprint density at radius 1 is 0.773 bits per heavy atom. The Bertz CT molecular complexity index is 840. The van der Waals surface area contributed by atoms with Crippen molar-refractivity contribution < 1.29 is 9.59 Å². The van der Waals surface area contributed by atoms with Crippen molar-refractivity contribution in [3.05, 3.63) is 83.4 Å². The molecule has 0 radical (unpaired) electrons. The van der Waals surface area contributed by atoms with E-state index in [2.05, 4.69) is 0 Å². The van der Waals surface area contributed by atoms with Gasteiger partial charge in [-0.25, -0.2) is 0 Å². The lowest BCUT2D eigenvalue weighted by atomic mass is 9.97. The molecule has 2 nitrogen and oxygen atoms in total. The molecule has 2 heteroatoms. The standard InChI is InChI=1S/C20H16O2/c1-14(21)15-9-11-17(12-10-15)20(22)13-18-7-4-6-16-5-2-3-8-19(16)18/h2-12H,13H2,1H3. The second-order valence-corrected chi connectivity index (χ2v) is 5.37. The molecule has 22 heavy (non-hydrogen) atoms. The van der Waals surface area contributed by atoms with E-state index < -0.39 is 0 Å². The number of ketones is 2. The van der Waals surface area contributed by atoms with Crippen molar-refractivity contribution in [3.63, 3.8) is 0 Å². The maximum absolute atomic E-state index is 12.5. The van der Waals surface area contributed by atoms with Gasteiger partial charge in [-0.15, -0.1) is 0 Å². The molecule has 0 spiro atoms. The van der Waals surface area contributed by atoms with Crippen LogP contribution in [0, 0.1) is 0 Å². The number of hydrogen-bond donors (Lipinski definition) is 0. The Morgan fingerprint density at radius 3 is 2.14 bits per heavy atom. The summed E-state index contributed by atoms with van der Waals surface area (Å²) in [5.41, 5.74) is 2.29. The van der Waals surface area contributed by atoms with Gasteiger partial charge in [0, 0.05) is 17.5 Å². The van der Waals surface area contributed by atoms with E-state index in [1.165, 1.54) is 6.92 Å². The van der Waals surface area contributed by atoms with Crippen LogP contribution >= 0.6 is 0 Å². The monoisotopic (exact) mass is 288 g/mol. The average molecular weight is 288 g/mol. The summed E-state index contributed by atoms with van der Waals surface area (Å²) in [6.07, 6.45) is 0.362. The zero-order chi connectivity index (χ0) is 15.5. The van der Waals surface area contributed by atoms with E-state index in [1.807, 2.05) is 42.5 Å². The molecule has 3 aromatic carbocycles. The van der Waals surface area contributed by atoms with Gasteiger partial charge in [0.05, 0.1) is 0 Å². The first-order chi connectivity index (χ1) is 10.6. The lowest BCUT2D eigenvalue weighted by molar-refractivity contribution is 0.0988. The van der Waals surface area contributed by atoms with Gasteiger partial charge in [0.2, 0.25) is 0 Å². The number of hydrogen-bond acceptors (Lipinski definition) is 2. The van der Waals surface area contributed by atoms with E-state index in [-0.39, 0.29) is 11.6 Å². The third kappa shape index (κ3) is 2.82. The minimum Gasteiger partial charge on any atom is -0.295 e. The molecular formula is C20H16O2. The highest BCUT2D eigenvalue weighted by Gasteiger charge is 2.10. The number of rotatable bonds is 4. The topological polar surface area (TPSA) is 34.1 Å². The zero-order valence-electron chi connectivity index (χ0n) is 12.4. The Hall–Kier alpha value is -2.74. The van der Waals surface area contributed by atoms with E-state index in [0.717, 1.165) is 16.3 Å². The molecule has 0 fully saturated rings. The Balaban J connectivity index is 1.88. The van der Waals surface area contributed by atoms with E-state index in [1.54, 1.807) is 24.3 Å². The molecule has 0 saturated carbocycles. The van der Waals surface area contributed by atoms with Crippen LogP contribution in [-0.2, 0) is 6.42 Å². The molecule has 0 aliphatic carbocycles. The van der Waals surface area contributed by atoms with Crippen LogP contribution in [0.15, 0.2) is 66.7 Å². The number of benzene rings is 3. The molecule has 0 atom stereocenters. The molecule has 0 aliphatic heterocycles. The van der Waals surface area contributed by atoms with Crippen LogP contribution in [0.25, 0.3) is 10.8 Å². The SMILES string of the molecule is CC(=O)c1ccc(C(=O)Cc2cccc3ccccc23)cc1. The van der Waals surface area contributed by atoms with Gasteiger partial charge in [0.15, 0.2) is 11.6 Å². The normalized spacial score (nSPS) is 10.6. The minimum atomic E-state index is 0.00746. The third-order valence-corrected chi connectivity index (χ3v) is 3.84. The molecule has 0 unspecified atom stereocenters. The molecular weight excluding hydrogens is 272 g/mol. The van der Waals surface area contributed by atoms with E-state index in [0.29, 0.717) is 17.5 Å². The van der Waals surface area contributed by atoms with Gasteiger partial charge in [-0.2, -0.15) is 0 Å².